The maximum absolute atomic E-state index is 2.30. The van der Waals surface area contributed by atoms with Gasteiger partial charge in [-0.15, -0.1) is 0 Å². The molecule has 2 fully saturated rings. The molecule has 0 nitrogen and oxygen atoms in total. The largest absolute Gasteiger partial charge is 0.0654 e. The molecular formula is C10H18. The van der Waals surface area contributed by atoms with Crippen LogP contribution in [0.3, 0.4) is 0 Å². The second-order valence-electron chi connectivity index (χ2n) is 4.14. The lowest BCUT2D eigenvalue weighted by atomic mass is 9.97. The average molecular weight is 138 g/mol. The maximum Gasteiger partial charge on any atom is -0.0355 e. The van der Waals surface area contributed by atoms with Gasteiger partial charge in [0, 0.05) is 0 Å². The fourth-order valence-corrected chi connectivity index (χ4v) is 2.65. The van der Waals surface area contributed by atoms with Crippen molar-refractivity contribution in [1.82, 2.24) is 0 Å². The molecule has 0 aliphatic heterocycles. The van der Waals surface area contributed by atoms with Crippen LogP contribution in [0.15, 0.2) is 0 Å². The fourth-order valence-electron chi connectivity index (χ4n) is 2.65. The van der Waals surface area contributed by atoms with Crippen molar-refractivity contribution in [2.75, 3.05) is 0 Å². The zero-order valence-electron chi connectivity index (χ0n) is 6.97. The minimum Gasteiger partial charge on any atom is -0.0654 e. The van der Waals surface area contributed by atoms with Gasteiger partial charge in [0.1, 0.15) is 0 Å². The van der Waals surface area contributed by atoms with Crippen molar-refractivity contribution in [1.29, 1.82) is 0 Å². The Balaban J connectivity index is 1.72. The molecule has 58 valence electrons. The van der Waals surface area contributed by atoms with Crippen molar-refractivity contribution in [3.63, 3.8) is 0 Å². The Kier molecular flexibility index (Phi) is 1.71. The first-order chi connectivity index (χ1) is 4.92. The van der Waals surface area contributed by atoms with E-state index in [9.17, 15) is 0 Å². The molecule has 0 aromatic carbocycles. The minimum atomic E-state index is 1.16. The third kappa shape index (κ3) is 1.09. The lowest BCUT2D eigenvalue weighted by molar-refractivity contribution is 0.428. The Bertz CT molecular complexity index is 117. The van der Waals surface area contributed by atoms with E-state index in [1.165, 1.54) is 31.1 Å². The summed E-state index contributed by atoms with van der Waals surface area (Å²) in [5, 5.41) is 0. The van der Waals surface area contributed by atoms with Crippen LogP contribution in [-0.2, 0) is 0 Å². The molecule has 0 aromatic rings. The standard InChI is InChI=1S/C10H18/c1-2-3-4-8-5-6-9-7-10(8)9/h8-10H,2-7H2,1H3/t8-,9?,10?/m1/s1. The van der Waals surface area contributed by atoms with E-state index in [1.54, 1.807) is 19.3 Å². The molecule has 2 unspecified atom stereocenters. The second-order valence-corrected chi connectivity index (χ2v) is 4.14. The zero-order chi connectivity index (χ0) is 6.97. The highest BCUT2D eigenvalue weighted by molar-refractivity contribution is 4.97. The Morgan fingerprint density at radius 2 is 2.20 bits per heavy atom. The van der Waals surface area contributed by atoms with Gasteiger partial charge in [-0.1, -0.05) is 26.2 Å². The van der Waals surface area contributed by atoms with Gasteiger partial charge in [0.15, 0.2) is 0 Å². The predicted molar refractivity (Wildman–Crippen MR) is 43.8 cm³/mol. The first-order valence-electron chi connectivity index (χ1n) is 4.92. The molecule has 0 amide bonds. The molecule has 0 radical (unpaired) electrons. The van der Waals surface area contributed by atoms with E-state index in [1.807, 2.05) is 0 Å². The van der Waals surface area contributed by atoms with Crippen molar-refractivity contribution < 1.29 is 0 Å². The fraction of sp³-hybridized carbons (Fsp3) is 1.00. The molecule has 3 atom stereocenters. The Morgan fingerprint density at radius 3 is 2.70 bits per heavy atom. The number of rotatable bonds is 3. The van der Waals surface area contributed by atoms with E-state index < -0.39 is 0 Å². The van der Waals surface area contributed by atoms with Gasteiger partial charge in [-0.3, -0.25) is 0 Å². The summed E-state index contributed by atoms with van der Waals surface area (Å²) < 4.78 is 0. The summed E-state index contributed by atoms with van der Waals surface area (Å²) >= 11 is 0. The van der Waals surface area contributed by atoms with Crippen LogP contribution < -0.4 is 0 Å². The SMILES string of the molecule is CCCC[C@@H]1CCC2CC21. The third-order valence-corrected chi connectivity index (χ3v) is 3.42. The van der Waals surface area contributed by atoms with Crippen LogP contribution in [0.2, 0.25) is 0 Å². The third-order valence-electron chi connectivity index (χ3n) is 3.42. The first kappa shape index (κ1) is 6.69. The highest BCUT2D eigenvalue weighted by Crippen LogP contribution is 2.56. The summed E-state index contributed by atoms with van der Waals surface area (Å²) in [5.41, 5.74) is 0. The number of hydrogen-bond donors (Lipinski definition) is 0. The van der Waals surface area contributed by atoms with Crippen LogP contribution in [-0.4, -0.2) is 0 Å². The summed E-state index contributed by atoms with van der Waals surface area (Å²) in [6.45, 7) is 2.30. The molecule has 0 bridgehead atoms. The molecule has 10 heavy (non-hydrogen) atoms. The molecule has 0 spiro atoms. The molecule has 0 aromatic heterocycles. The van der Waals surface area contributed by atoms with Crippen LogP contribution >= 0.6 is 0 Å². The summed E-state index contributed by atoms with van der Waals surface area (Å²) in [6, 6.07) is 0. The molecule has 0 heteroatoms. The molecule has 2 saturated carbocycles. The lowest BCUT2D eigenvalue weighted by Crippen LogP contribution is -1.97. The Morgan fingerprint density at radius 1 is 1.30 bits per heavy atom. The maximum atomic E-state index is 2.30. The van der Waals surface area contributed by atoms with Crippen molar-refractivity contribution in [3.05, 3.63) is 0 Å². The van der Waals surface area contributed by atoms with E-state index in [2.05, 4.69) is 6.92 Å². The zero-order valence-corrected chi connectivity index (χ0v) is 6.97. The van der Waals surface area contributed by atoms with E-state index in [4.69, 9.17) is 0 Å². The summed E-state index contributed by atoms with van der Waals surface area (Å²) in [6.07, 6.45) is 9.14. The van der Waals surface area contributed by atoms with Gasteiger partial charge >= 0.3 is 0 Å². The summed E-state index contributed by atoms with van der Waals surface area (Å²) in [4.78, 5) is 0. The number of unbranched alkanes of at least 4 members (excludes halogenated alkanes) is 1. The average Bonchev–Trinajstić information content (AvgIpc) is 2.63. The molecule has 0 heterocycles. The van der Waals surface area contributed by atoms with Crippen LogP contribution in [0.5, 0.6) is 0 Å². The van der Waals surface area contributed by atoms with Crippen LogP contribution in [0.4, 0.5) is 0 Å². The van der Waals surface area contributed by atoms with Gasteiger partial charge in [-0.25, -0.2) is 0 Å². The van der Waals surface area contributed by atoms with E-state index in [0.717, 1.165) is 5.92 Å². The topological polar surface area (TPSA) is 0 Å². The van der Waals surface area contributed by atoms with Crippen LogP contribution in [0, 0.1) is 17.8 Å². The Hall–Kier alpha value is 0. The molecule has 0 N–H and O–H groups in total. The highest BCUT2D eigenvalue weighted by atomic mass is 14.5. The summed E-state index contributed by atoms with van der Waals surface area (Å²) in [7, 11) is 0. The number of hydrogen-bond acceptors (Lipinski definition) is 0. The summed E-state index contributed by atoms with van der Waals surface area (Å²) in [5.74, 6) is 3.55. The molecular weight excluding hydrogens is 120 g/mol. The minimum absolute atomic E-state index is 1.16. The second kappa shape index (κ2) is 2.56. The molecule has 0 saturated heterocycles. The highest BCUT2D eigenvalue weighted by Gasteiger charge is 2.46. The first-order valence-corrected chi connectivity index (χ1v) is 4.92. The van der Waals surface area contributed by atoms with Gasteiger partial charge in [-0.2, -0.15) is 0 Å². The number of fused-ring (bicyclic) bond motifs is 1. The Labute approximate surface area is 64.0 Å². The van der Waals surface area contributed by atoms with Crippen molar-refractivity contribution in [3.8, 4) is 0 Å². The van der Waals surface area contributed by atoms with Crippen molar-refractivity contribution in [2.45, 2.75) is 45.4 Å². The molecule has 2 rings (SSSR count). The van der Waals surface area contributed by atoms with Crippen LogP contribution in [0.25, 0.3) is 0 Å². The van der Waals surface area contributed by atoms with Gasteiger partial charge in [0.2, 0.25) is 0 Å². The van der Waals surface area contributed by atoms with Crippen LogP contribution in [0.1, 0.15) is 45.4 Å². The van der Waals surface area contributed by atoms with Gasteiger partial charge in [0.05, 0.1) is 0 Å². The lowest BCUT2D eigenvalue weighted by Gasteiger charge is -2.09. The van der Waals surface area contributed by atoms with E-state index >= 15 is 0 Å². The smallest absolute Gasteiger partial charge is 0.0355 e. The molecule has 2 aliphatic rings. The normalized spacial score (nSPS) is 43.5. The van der Waals surface area contributed by atoms with Gasteiger partial charge < -0.3 is 0 Å². The predicted octanol–water partition coefficient (Wildman–Crippen LogP) is 3.22. The van der Waals surface area contributed by atoms with Gasteiger partial charge in [0.25, 0.3) is 0 Å². The van der Waals surface area contributed by atoms with Crippen molar-refractivity contribution >= 4 is 0 Å². The van der Waals surface area contributed by atoms with E-state index in [0.29, 0.717) is 0 Å². The van der Waals surface area contributed by atoms with E-state index in [-0.39, 0.29) is 0 Å². The monoisotopic (exact) mass is 138 g/mol. The van der Waals surface area contributed by atoms with Gasteiger partial charge in [-0.05, 0) is 37.0 Å². The quantitative estimate of drug-likeness (QED) is 0.561. The molecule has 2 aliphatic carbocycles. The van der Waals surface area contributed by atoms with Crippen molar-refractivity contribution in [2.24, 2.45) is 17.8 Å².